The second-order valence-corrected chi connectivity index (χ2v) is 5.12. The highest BCUT2D eigenvalue weighted by Crippen LogP contribution is 2.33. The summed E-state index contributed by atoms with van der Waals surface area (Å²) in [6.07, 6.45) is 1.64. The number of nitrogens with zero attached hydrogens (tertiary/aromatic N) is 2. The standard InChI is InChI=1S/C11H8BrN3O2S/c12-6-2-1-5-14-9(6)18-10-7(13)3-4-8(15-10)11(16)17/h1-5H,13H2,(H,16,17). The number of carbonyl (C=O) groups is 1. The fourth-order valence-corrected chi connectivity index (χ4v) is 2.48. The molecule has 0 aromatic carbocycles. The smallest absolute Gasteiger partial charge is 0.354 e. The van der Waals surface area contributed by atoms with Crippen LogP contribution in [0.15, 0.2) is 45.0 Å². The zero-order chi connectivity index (χ0) is 13.1. The van der Waals surface area contributed by atoms with E-state index in [-0.39, 0.29) is 5.69 Å². The highest BCUT2D eigenvalue weighted by Gasteiger charge is 2.11. The first kappa shape index (κ1) is 12.8. The molecule has 18 heavy (non-hydrogen) atoms. The Morgan fingerprint density at radius 2 is 2.11 bits per heavy atom. The Morgan fingerprint density at radius 1 is 1.33 bits per heavy atom. The maximum Gasteiger partial charge on any atom is 0.354 e. The Bertz CT molecular complexity index is 607. The summed E-state index contributed by atoms with van der Waals surface area (Å²) in [4.78, 5) is 19.0. The molecular weight excluding hydrogens is 318 g/mol. The van der Waals surface area contributed by atoms with Crippen LogP contribution in [0.1, 0.15) is 10.5 Å². The number of aromatic nitrogens is 2. The summed E-state index contributed by atoms with van der Waals surface area (Å²) in [6.45, 7) is 0. The number of hydrogen-bond acceptors (Lipinski definition) is 5. The molecule has 92 valence electrons. The molecule has 0 atom stereocenters. The first-order chi connectivity index (χ1) is 8.58. The van der Waals surface area contributed by atoms with E-state index in [4.69, 9.17) is 10.8 Å². The molecule has 0 aliphatic carbocycles. The average molecular weight is 326 g/mol. The van der Waals surface area contributed by atoms with Crippen molar-refractivity contribution < 1.29 is 9.90 Å². The summed E-state index contributed by atoms with van der Waals surface area (Å²) in [5, 5.41) is 9.99. The van der Waals surface area contributed by atoms with Gasteiger partial charge in [0.2, 0.25) is 0 Å². The lowest BCUT2D eigenvalue weighted by Gasteiger charge is -2.06. The van der Waals surface area contributed by atoms with Gasteiger partial charge in [0.05, 0.1) is 10.2 Å². The van der Waals surface area contributed by atoms with Crippen LogP contribution in [0.2, 0.25) is 0 Å². The molecule has 2 heterocycles. The highest BCUT2D eigenvalue weighted by molar-refractivity contribution is 9.10. The monoisotopic (exact) mass is 325 g/mol. The van der Waals surface area contributed by atoms with Gasteiger partial charge in [0.15, 0.2) is 0 Å². The van der Waals surface area contributed by atoms with Crippen LogP contribution in [-0.2, 0) is 0 Å². The highest BCUT2D eigenvalue weighted by atomic mass is 79.9. The predicted molar refractivity (Wildman–Crippen MR) is 71.7 cm³/mol. The Morgan fingerprint density at radius 3 is 2.78 bits per heavy atom. The van der Waals surface area contributed by atoms with Crippen molar-refractivity contribution in [2.45, 2.75) is 10.1 Å². The van der Waals surface area contributed by atoms with Crippen molar-refractivity contribution in [1.29, 1.82) is 0 Å². The van der Waals surface area contributed by atoms with Crippen LogP contribution in [0.4, 0.5) is 5.69 Å². The molecule has 0 saturated heterocycles. The van der Waals surface area contributed by atoms with Crippen LogP contribution >= 0.6 is 27.7 Å². The van der Waals surface area contributed by atoms with Gasteiger partial charge in [-0.05, 0) is 52.0 Å². The number of hydrogen-bond donors (Lipinski definition) is 2. The number of rotatable bonds is 3. The molecule has 0 spiro atoms. The van der Waals surface area contributed by atoms with E-state index in [9.17, 15) is 4.79 Å². The van der Waals surface area contributed by atoms with E-state index in [1.165, 1.54) is 23.9 Å². The van der Waals surface area contributed by atoms with Gasteiger partial charge >= 0.3 is 5.97 Å². The third-order valence-corrected chi connectivity index (χ3v) is 3.97. The second-order valence-electron chi connectivity index (χ2n) is 3.29. The molecule has 0 unspecified atom stereocenters. The van der Waals surface area contributed by atoms with E-state index in [0.29, 0.717) is 15.7 Å². The quantitative estimate of drug-likeness (QED) is 0.901. The van der Waals surface area contributed by atoms with Crippen molar-refractivity contribution in [3.63, 3.8) is 0 Å². The summed E-state index contributed by atoms with van der Waals surface area (Å²) < 4.78 is 0.803. The summed E-state index contributed by atoms with van der Waals surface area (Å²) in [5.74, 6) is -1.09. The number of pyridine rings is 2. The van der Waals surface area contributed by atoms with Crippen molar-refractivity contribution in [2.24, 2.45) is 0 Å². The second kappa shape index (κ2) is 5.36. The van der Waals surface area contributed by atoms with E-state index in [2.05, 4.69) is 25.9 Å². The Kier molecular flexibility index (Phi) is 3.83. The number of aromatic carboxylic acids is 1. The molecule has 2 rings (SSSR count). The molecule has 0 amide bonds. The van der Waals surface area contributed by atoms with E-state index >= 15 is 0 Å². The zero-order valence-corrected chi connectivity index (χ0v) is 11.4. The van der Waals surface area contributed by atoms with Crippen LogP contribution in [0.3, 0.4) is 0 Å². The van der Waals surface area contributed by atoms with E-state index in [1.807, 2.05) is 6.07 Å². The Labute approximate surface area is 116 Å². The van der Waals surface area contributed by atoms with Crippen molar-refractivity contribution in [1.82, 2.24) is 9.97 Å². The molecule has 2 aromatic rings. The normalized spacial score (nSPS) is 10.3. The minimum atomic E-state index is -1.09. The van der Waals surface area contributed by atoms with Crippen molar-refractivity contribution in [2.75, 3.05) is 5.73 Å². The number of halogens is 1. The molecule has 0 saturated carbocycles. The number of anilines is 1. The van der Waals surface area contributed by atoms with Gasteiger partial charge in [-0.25, -0.2) is 14.8 Å². The third kappa shape index (κ3) is 2.80. The summed E-state index contributed by atoms with van der Waals surface area (Å²) >= 11 is 4.57. The maximum absolute atomic E-state index is 10.8. The van der Waals surface area contributed by atoms with Gasteiger partial charge < -0.3 is 10.8 Å². The SMILES string of the molecule is Nc1ccc(C(=O)O)nc1Sc1ncccc1Br. The van der Waals surface area contributed by atoms with Gasteiger partial charge in [0.25, 0.3) is 0 Å². The van der Waals surface area contributed by atoms with Crippen molar-refractivity contribution in [3.05, 3.63) is 40.6 Å². The van der Waals surface area contributed by atoms with Gasteiger partial charge in [0.1, 0.15) is 15.7 Å². The molecule has 0 aliphatic heterocycles. The van der Waals surface area contributed by atoms with Crippen LogP contribution in [0.25, 0.3) is 0 Å². The fourth-order valence-electron chi connectivity index (χ4n) is 1.19. The Balaban J connectivity index is 2.37. The summed E-state index contributed by atoms with van der Waals surface area (Å²) in [6, 6.07) is 6.52. The molecule has 5 nitrogen and oxygen atoms in total. The maximum atomic E-state index is 10.8. The van der Waals surface area contributed by atoms with Crippen LogP contribution < -0.4 is 5.73 Å². The minimum Gasteiger partial charge on any atom is -0.477 e. The average Bonchev–Trinajstić information content (AvgIpc) is 2.34. The van der Waals surface area contributed by atoms with Gasteiger partial charge in [0, 0.05) is 6.20 Å². The number of carboxylic acid groups (broad SMARTS) is 1. The van der Waals surface area contributed by atoms with Gasteiger partial charge in [-0.2, -0.15) is 0 Å². The van der Waals surface area contributed by atoms with Crippen molar-refractivity contribution >= 4 is 39.3 Å². The van der Waals surface area contributed by atoms with E-state index in [0.717, 1.165) is 4.47 Å². The number of carboxylic acids is 1. The van der Waals surface area contributed by atoms with Crippen LogP contribution in [0, 0.1) is 0 Å². The zero-order valence-electron chi connectivity index (χ0n) is 9.00. The van der Waals surface area contributed by atoms with E-state index in [1.54, 1.807) is 12.3 Å². The topological polar surface area (TPSA) is 89.1 Å². The van der Waals surface area contributed by atoms with Gasteiger partial charge in [-0.3, -0.25) is 0 Å². The summed E-state index contributed by atoms with van der Waals surface area (Å²) in [7, 11) is 0. The molecule has 0 fully saturated rings. The lowest BCUT2D eigenvalue weighted by atomic mass is 10.3. The molecule has 2 aromatic heterocycles. The lowest BCUT2D eigenvalue weighted by Crippen LogP contribution is -2.03. The fraction of sp³-hybridized carbons (Fsp3) is 0. The number of nitrogen functional groups attached to an aromatic ring is 1. The third-order valence-electron chi connectivity index (χ3n) is 2.03. The van der Waals surface area contributed by atoms with Crippen LogP contribution in [-0.4, -0.2) is 21.0 Å². The van der Waals surface area contributed by atoms with Crippen molar-refractivity contribution in [3.8, 4) is 0 Å². The van der Waals surface area contributed by atoms with Gasteiger partial charge in [-0.1, -0.05) is 0 Å². The largest absolute Gasteiger partial charge is 0.477 e. The first-order valence-electron chi connectivity index (χ1n) is 4.86. The molecular formula is C11H8BrN3O2S. The lowest BCUT2D eigenvalue weighted by molar-refractivity contribution is 0.0690. The molecule has 0 aliphatic rings. The molecule has 7 heteroatoms. The molecule has 3 N–H and O–H groups in total. The Hall–Kier alpha value is -1.60. The molecule has 0 radical (unpaired) electrons. The first-order valence-corrected chi connectivity index (χ1v) is 6.47. The molecule has 0 bridgehead atoms. The van der Waals surface area contributed by atoms with Gasteiger partial charge in [-0.15, -0.1) is 0 Å². The predicted octanol–water partition coefficient (Wildman–Crippen LogP) is 2.67. The number of nitrogens with two attached hydrogens (primary N) is 1. The van der Waals surface area contributed by atoms with E-state index < -0.39 is 5.97 Å². The summed E-state index contributed by atoms with van der Waals surface area (Å²) in [5.41, 5.74) is 6.14. The van der Waals surface area contributed by atoms with Crippen LogP contribution in [0.5, 0.6) is 0 Å². The minimum absolute atomic E-state index is 0.0428.